The molecule has 1 aromatic heterocycles. The lowest BCUT2D eigenvalue weighted by Gasteiger charge is -2.23. The summed E-state index contributed by atoms with van der Waals surface area (Å²) in [5, 5.41) is 5.35. The van der Waals surface area contributed by atoms with Gasteiger partial charge >= 0.3 is 0 Å². The number of rotatable bonds is 10. The number of carbonyl (C=O) groups excluding carboxylic acids is 2. The Bertz CT molecular complexity index is 1120. The lowest BCUT2D eigenvalue weighted by molar-refractivity contribution is -0.131. The van der Waals surface area contributed by atoms with Crippen LogP contribution in [0.4, 0.5) is 5.69 Å². The zero-order valence-electron chi connectivity index (χ0n) is 19.0. The molecule has 1 aliphatic rings. The van der Waals surface area contributed by atoms with Crippen molar-refractivity contribution in [1.29, 1.82) is 0 Å². The summed E-state index contributed by atoms with van der Waals surface area (Å²) >= 11 is 7.32. The highest BCUT2D eigenvalue weighted by molar-refractivity contribution is 7.80. The topological polar surface area (TPSA) is 61.9 Å². The Morgan fingerprint density at radius 1 is 1.06 bits per heavy atom. The van der Waals surface area contributed by atoms with Crippen molar-refractivity contribution in [2.24, 2.45) is 0 Å². The van der Waals surface area contributed by atoms with Crippen molar-refractivity contribution in [3.05, 3.63) is 82.6 Å². The van der Waals surface area contributed by atoms with Gasteiger partial charge in [-0.25, -0.2) is 0 Å². The number of thiocarbonyl (C=S) groups is 1. The van der Waals surface area contributed by atoms with Crippen LogP contribution >= 0.6 is 23.6 Å². The van der Waals surface area contributed by atoms with Crippen LogP contribution in [0.2, 0.25) is 0 Å². The Balaban J connectivity index is 1.47. The van der Waals surface area contributed by atoms with Gasteiger partial charge in [0, 0.05) is 10.6 Å². The number of anilines is 1. The van der Waals surface area contributed by atoms with E-state index in [2.05, 4.69) is 5.32 Å². The maximum atomic E-state index is 13.4. The van der Waals surface area contributed by atoms with Crippen LogP contribution in [0.25, 0.3) is 0 Å². The summed E-state index contributed by atoms with van der Waals surface area (Å²) < 4.78 is 5.59. The number of benzene rings is 2. The van der Waals surface area contributed by atoms with E-state index in [9.17, 15) is 9.59 Å². The minimum absolute atomic E-state index is 0.0176. The molecule has 0 radical (unpaired) electrons. The Kier molecular flexibility index (Phi) is 7.92. The smallest absolute Gasteiger partial charge is 0.252 e. The average molecular weight is 494 g/mol. The molecule has 0 unspecified atom stereocenters. The monoisotopic (exact) mass is 493 g/mol. The first-order chi connectivity index (χ1) is 16.5. The molecule has 0 bridgehead atoms. The lowest BCUT2D eigenvalue weighted by atomic mass is 10.1. The molecule has 2 aromatic carbocycles. The second-order valence-electron chi connectivity index (χ2n) is 8.04. The molecule has 0 saturated carbocycles. The number of thiophene rings is 1. The highest BCUT2D eigenvalue weighted by Gasteiger charge is 2.43. The van der Waals surface area contributed by atoms with Crippen molar-refractivity contribution in [3.8, 4) is 5.75 Å². The van der Waals surface area contributed by atoms with E-state index in [4.69, 9.17) is 17.0 Å². The Morgan fingerprint density at radius 3 is 2.50 bits per heavy atom. The standard InChI is InChI=1S/C26H27N3O3S2/c1-2-14-32-21-12-10-20(11-13-21)27-24(30)16-23-25(31)29(17-19-7-4-3-5-8-19)26(33)28(23)18-22-9-6-15-34-22/h3-13,15,23H,2,14,16-18H2,1H3,(H,27,30)/t23-/m0/s1. The summed E-state index contributed by atoms with van der Waals surface area (Å²) in [6, 6.07) is 20.3. The third-order valence-electron chi connectivity index (χ3n) is 5.48. The van der Waals surface area contributed by atoms with Crippen LogP contribution in [0.1, 0.15) is 30.2 Å². The number of nitrogens with one attached hydrogen (secondary N) is 1. The van der Waals surface area contributed by atoms with Gasteiger partial charge < -0.3 is 15.0 Å². The van der Waals surface area contributed by atoms with Gasteiger partial charge in [-0.2, -0.15) is 0 Å². The third kappa shape index (κ3) is 5.81. The zero-order chi connectivity index (χ0) is 23.9. The Morgan fingerprint density at radius 2 is 1.82 bits per heavy atom. The van der Waals surface area contributed by atoms with Crippen LogP contribution in [-0.2, 0) is 22.7 Å². The maximum absolute atomic E-state index is 13.4. The van der Waals surface area contributed by atoms with Crippen LogP contribution in [0.3, 0.4) is 0 Å². The SMILES string of the molecule is CCCOc1ccc(NC(=O)C[C@H]2C(=O)N(Cc3ccccc3)C(=S)N2Cc2cccs2)cc1. The van der Waals surface area contributed by atoms with Gasteiger partial charge in [0.05, 0.1) is 26.1 Å². The van der Waals surface area contributed by atoms with E-state index in [0.717, 1.165) is 22.6 Å². The van der Waals surface area contributed by atoms with E-state index in [0.29, 0.717) is 30.5 Å². The fraction of sp³-hybridized carbons (Fsp3) is 0.269. The zero-order valence-corrected chi connectivity index (χ0v) is 20.6. The predicted octanol–water partition coefficient (Wildman–Crippen LogP) is 5.06. The summed E-state index contributed by atoms with van der Waals surface area (Å²) in [5.41, 5.74) is 1.65. The van der Waals surface area contributed by atoms with Crippen molar-refractivity contribution < 1.29 is 14.3 Å². The van der Waals surface area contributed by atoms with Crippen LogP contribution < -0.4 is 10.1 Å². The van der Waals surface area contributed by atoms with Crippen molar-refractivity contribution in [1.82, 2.24) is 9.80 Å². The molecule has 2 amide bonds. The van der Waals surface area contributed by atoms with Gasteiger partial charge in [-0.15, -0.1) is 11.3 Å². The Labute approximate surface area is 209 Å². The molecule has 6 nitrogen and oxygen atoms in total. The molecule has 3 aromatic rings. The van der Waals surface area contributed by atoms with E-state index in [1.807, 2.05) is 71.8 Å². The van der Waals surface area contributed by atoms with Gasteiger partial charge in [-0.05, 0) is 59.9 Å². The fourth-order valence-corrected chi connectivity index (χ4v) is 4.84. The normalized spacial score (nSPS) is 15.6. The molecule has 0 aliphatic carbocycles. The first kappa shape index (κ1) is 23.9. The molecule has 1 fully saturated rings. The highest BCUT2D eigenvalue weighted by atomic mass is 32.1. The number of amides is 2. The first-order valence-corrected chi connectivity index (χ1v) is 12.5. The van der Waals surface area contributed by atoms with E-state index in [-0.39, 0.29) is 18.2 Å². The number of carbonyl (C=O) groups is 2. The lowest BCUT2D eigenvalue weighted by Crippen LogP contribution is -2.37. The number of hydrogen-bond acceptors (Lipinski definition) is 5. The quantitative estimate of drug-likeness (QED) is 0.400. The van der Waals surface area contributed by atoms with Gasteiger partial charge in [-0.3, -0.25) is 14.5 Å². The van der Waals surface area contributed by atoms with Crippen LogP contribution in [-0.4, -0.2) is 39.4 Å². The molecular weight excluding hydrogens is 466 g/mol. The second kappa shape index (κ2) is 11.3. The summed E-state index contributed by atoms with van der Waals surface area (Å²) in [4.78, 5) is 30.9. The maximum Gasteiger partial charge on any atom is 0.252 e. The molecule has 1 N–H and O–H groups in total. The van der Waals surface area contributed by atoms with Crippen molar-refractivity contribution in [2.75, 3.05) is 11.9 Å². The molecule has 2 heterocycles. The highest BCUT2D eigenvalue weighted by Crippen LogP contribution is 2.27. The summed E-state index contributed by atoms with van der Waals surface area (Å²) in [6.45, 7) is 3.58. The van der Waals surface area contributed by atoms with Gasteiger partial charge in [0.1, 0.15) is 11.8 Å². The molecule has 1 atom stereocenters. The van der Waals surface area contributed by atoms with Gasteiger partial charge in [0.15, 0.2) is 5.11 Å². The molecule has 1 aliphatic heterocycles. The van der Waals surface area contributed by atoms with Crippen molar-refractivity contribution >= 4 is 46.2 Å². The number of hydrogen-bond donors (Lipinski definition) is 1. The summed E-state index contributed by atoms with van der Waals surface area (Å²) in [6.07, 6.45) is 0.947. The van der Waals surface area contributed by atoms with Crippen LogP contribution in [0.5, 0.6) is 5.75 Å². The minimum Gasteiger partial charge on any atom is -0.494 e. The minimum atomic E-state index is -0.648. The average Bonchev–Trinajstić information content (AvgIpc) is 3.44. The predicted molar refractivity (Wildman–Crippen MR) is 139 cm³/mol. The molecule has 34 heavy (non-hydrogen) atoms. The number of nitrogens with zero attached hydrogens (tertiary/aromatic N) is 2. The van der Waals surface area contributed by atoms with Gasteiger partial charge in [0.25, 0.3) is 5.91 Å². The van der Waals surface area contributed by atoms with Crippen molar-refractivity contribution in [3.63, 3.8) is 0 Å². The van der Waals surface area contributed by atoms with E-state index in [1.165, 1.54) is 0 Å². The third-order valence-corrected chi connectivity index (χ3v) is 6.80. The Hall–Kier alpha value is -3.23. The van der Waals surface area contributed by atoms with Gasteiger partial charge in [0.2, 0.25) is 5.91 Å². The molecule has 176 valence electrons. The van der Waals surface area contributed by atoms with Crippen LogP contribution in [0.15, 0.2) is 72.1 Å². The number of ether oxygens (including phenoxy) is 1. The molecule has 0 spiro atoms. The largest absolute Gasteiger partial charge is 0.494 e. The molecule has 4 rings (SSSR count). The fourth-order valence-electron chi connectivity index (χ4n) is 3.80. The molecule has 8 heteroatoms. The van der Waals surface area contributed by atoms with E-state index >= 15 is 0 Å². The second-order valence-corrected chi connectivity index (χ2v) is 9.44. The first-order valence-electron chi connectivity index (χ1n) is 11.3. The van der Waals surface area contributed by atoms with Crippen LogP contribution in [0, 0.1) is 0 Å². The molecule has 1 saturated heterocycles. The molecular formula is C26H27N3O3S2. The summed E-state index contributed by atoms with van der Waals surface area (Å²) in [7, 11) is 0. The van der Waals surface area contributed by atoms with Gasteiger partial charge in [-0.1, -0.05) is 43.3 Å². The van der Waals surface area contributed by atoms with E-state index < -0.39 is 6.04 Å². The summed E-state index contributed by atoms with van der Waals surface area (Å²) in [5.74, 6) is 0.375. The van der Waals surface area contributed by atoms with E-state index in [1.54, 1.807) is 28.4 Å². The van der Waals surface area contributed by atoms with Crippen molar-refractivity contribution in [2.45, 2.75) is 38.9 Å².